The summed E-state index contributed by atoms with van der Waals surface area (Å²) in [7, 11) is 0. The van der Waals surface area contributed by atoms with Crippen molar-refractivity contribution < 1.29 is 4.39 Å². The zero-order chi connectivity index (χ0) is 9.97. The average molecular weight is 305 g/mol. The molecule has 0 radical (unpaired) electrons. The number of halogens is 2. The number of benzene rings is 1. The molecule has 0 saturated heterocycles. The molecule has 0 aromatic heterocycles. The van der Waals surface area contributed by atoms with Crippen LogP contribution in [0.25, 0.3) is 0 Å². The van der Waals surface area contributed by atoms with Crippen molar-refractivity contribution >= 4 is 28.3 Å². The lowest BCUT2D eigenvalue weighted by atomic mass is 9.85. The molecule has 0 atom stereocenters. The molecule has 1 aromatic rings. The summed E-state index contributed by atoms with van der Waals surface area (Å²) in [5.74, 6) is 0.665. The van der Waals surface area contributed by atoms with Crippen LogP contribution < -0.4 is 5.32 Å². The topological polar surface area (TPSA) is 12.0 Å². The number of hydrogen-bond donors (Lipinski definition) is 1. The summed E-state index contributed by atoms with van der Waals surface area (Å²) >= 11 is 2.04. The van der Waals surface area contributed by atoms with Crippen LogP contribution in [0.4, 0.5) is 10.1 Å². The lowest BCUT2D eigenvalue weighted by Crippen LogP contribution is -2.21. The Balaban J connectivity index is 1.97. The van der Waals surface area contributed by atoms with E-state index in [4.69, 9.17) is 0 Å². The SMILES string of the molecule is Fc1cccc(NCC2CCC2)c1I. The fraction of sp³-hybridized carbons (Fsp3) is 0.455. The Morgan fingerprint density at radius 1 is 1.43 bits per heavy atom. The minimum absolute atomic E-state index is 0.135. The van der Waals surface area contributed by atoms with Gasteiger partial charge in [0.05, 0.1) is 9.26 Å². The predicted octanol–water partition coefficient (Wildman–Crippen LogP) is 3.64. The van der Waals surface area contributed by atoms with Gasteiger partial charge < -0.3 is 5.32 Å². The quantitative estimate of drug-likeness (QED) is 0.841. The Morgan fingerprint density at radius 3 is 2.86 bits per heavy atom. The van der Waals surface area contributed by atoms with Crippen LogP contribution in [0.2, 0.25) is 0 Å². The van der Waals surface area contributed by atoms with E-state index in [1.54, 1.807) is 6.07 Å². The third-order valence-corrected chi connectivity index (χ3v) is 3.85. The summed E-state index contributed by atoms with van der Waals surface area (Å²) in [6.45, 7) is 0.986. The molecule has 0 amide bonds. The monoisotopic (exact) mass is 305 g/mol. The molecular formula is C11H13FIN. The van der Waals surface area contributed by atoms with E-state index in [1.165, 1.54) is 25.3 Å². The smallest absolute Gasteiger partial charge is 0.138 e. The molecule has 1 fully saturated rings. The summed E-state index contributed by atoms with van der Waals surface area (Å²) in [6.07, 6.45) is 3.99. The van der Waals surface area contributed by atoms with E-state index < -0.39 is 0 Å². The van der Waals surface area contributed by atoms with Gasteiger partial charge in [-0.05, 0) is 53.5 Å². The maximum atomic E-state index is 13.2. The van der Waals surface area contributed by atoms with Crippen molar-refractivity contribution in [2.45, 2.75) is 19.3 Å². The molecule has 0 aliphatic heterocycles. The van der Waals surface area contributed by atoms with E-state index >= 15 is 0 Å². The van der Waals surface area contributed by atoms with Crippen molar-refractivity contribution in [1.29, 1.82) is 0 Å². The Morgan fingerprint density at radius 2 is 2.21 bits per heavy atom. The molecule has 0 heterocycles. The summed E-state index contributed by atoms with van der Waals surface area (Å²) in [5, 5.41) is 3.31. The molecule has 0 spiro atoms. The van der Waals surface area contributed by atoms with Gasteiger partial charge in [0.15, 0.2) is 0 Å². The van der Waals surface area contributed by atoms with Crippen LogP contribution in [0.3, 0.4) is 0 Å². The minimum atomic E-state index is -0.135. The van der Waals surface area contributed by atoms with Crippen LogP contribution in [0.1, 0.15) is 19.3 Å². The number of anilines is 1. The Hall–Kier alpha value is -0.320. The van der Waals surface area contributed by atoms with Gasteiger partial charge in [-0.3, -0.25) is 0 Å². The first kappa shape index (κ1) is 10.2. The molecule has 1 N–H and O–H groups in total. The first-order valence-corrected chi connectivity index (χ1v) is 6.03. The highest BCUT2D eigenvalue weighted by Crippen LogP contribution is 2.27. The first-order valence-electron chi connectivity index (χ1n) is 4.95. The molecule has 2 rings (SSSR count). The number of hydrogen-bond acceptors (Lipinski definition) is 1. The molecule has 1 saturated carbocycles. The first-order chi connectivity index (χ1) is 6.77. The highest BCUT2D eigenvalue weighted by Gasteiger charge is 2.17. The van der Waals surface area contributed by atoms with Gasteiger partial charge in [-0.25, -0.2) is 4.39 Å². The fourth-order valence-corrected chi connectivity index (χ4v) is 2.14. The van der Waals surface area contributed by atoms with Gasteiger partial charge >= 0.3 is 0 Å². The largest absolute Gasteiger partial charge is 0.384 e. The standard InChI is InChI=1S/C11H13FIN/c12-9-5-2-6-10(11(9)13)14-7-8-3-1-4-8/h2,5-6,8,14H,1,3-4,7H2. The van der Waals surface area contributed by atoms with Gasteiger partial charge in [-0.2, -0.15) is 0 Å². The minimum Gasteiger partial charge on any atom is -0.384 e. The third-order valence-electron chi connectivity index (χ3n) is 2.76. The van der Waals surface area contributed by atoms with Crippen LogP contribution in [0.5, 0.6) is 0 Å². The second-order valence-corrected chi connectivity index (χ2v) is 4.86. The molecule has 1 nitrogen and oxygen atoms in total. The van der Waals surface area contributed by atoms with Gasteiger partial charge in [0.1, 0.15) is 5.82 Å². The van der Waals surface area contributed by atoms with Gasteiger partial charge in [0.25, 0.3) is 0 Å². The van der Waals surface area contributed by atoms with Gasteiger partial charge in [-0.1, -0.05) is 12.5 Å². The maximum absolute atomic E-state index is 13.2. The van der Waals surface area contributed by atoms with Gasteiger partial charge in [0, 0.05) is 6.54 Å². The molecule has 1 aliphatic carbocycles. The average Bonchev–Trinajstić information content (AvgIpc) is 2.09. The molecule has 3 heteroatoms. The third kappa shape index (κ3) is 2.19. The molecular weight excluding hydrogens is 292 g/mol. The highest BCUT2D eigenvalue weighted by atomic mass is 127. The van der Waals surface area contributed by atoms with E-state index in [9.17, 15) is 4.39 Å². The second-order valence-electron chi connectivity index (χ2n) is 3.78. The fourth-order valence-electron chi connectivity index (χ4n) is 1.59. The van der Waals surface area contributed by atoms with Crippen molar-refractivity contribution in [3.8, 4) is 0 Å². The van der Waals surface area contributed by atoms with Crippen molar-refractivity contribution in [3.63, 3.8) is 0 Å². The van der Waals surface area contributed by atoms with Crippen molar-refractivity contribution in [2.75, 3.05) is 11.9 Å². The van der Waals surface area contributed by atoms with E-state index in [-0.39, 0.29) is 5.82 Å². The zero-order valence-corrected chi connectivity index (χ0v) is 10.1. The zero-order valence-electron chi connectivity index (χ0n) is 7.89. The molecule has 0 unspecified atom stereocenters. The van der Waals surface area contributed by atoms with Crippen LogP contribution in [0, 0.1) is 15.3 Å². The van der Waals surface area contributed by atoms with E-state index in [0.717, 1.165) is 18.2 Å². The lowest BCUT2D eigenvalue weighted by molar-refractivity contribution is 0.333. The van der Waals surface area contributed by atoms with Crippen LogP contribution in [-0.4, -0.2) is 6.54 Å². The predicted molar refractivity (Wildman–Crippen MR) is 64.9 cm³/mol. The molecule has 1 aromatic carbocycles. The Kier molecular flexibility index (Phi) is 3.26. The molecule has 76 valence electrons. The number of rotatable bonds is 3. The second kappa shape index (κ2) is 4.47. The van der Waals surface area contributed by atoms with Crippen LogP contribution in [-0.2, 0) is 0 Å². The lowest BCUT2D eigenvalue weighted by Gasteiger charge is -2.26. The van der Waals surface area contributed by atoms with E-state index in [2.05, 4.69) is 5.32 Å². The van der Waals surface area contributed by atoms with Crippen molar-refractivity contribution in [3.05, 3.63) is 27.6 Å². The van der Waals surface area contributed by atoms with Crippen LogP contribution in [0.15, 0.2) is 18.2 Å². The maximum Gasteiger partial charge on any atom is 0.138 e. The Bertz CT molecular complexity index is 323. The van der Waals surface area contributed by atoms with Gasteiger partial charge in [0.2, 0.25) is 0 Å². The van der Waals surface area contributed by atoms with Crippen molar-refractivity contribution in [2.24, 2.45) is 5.92 Å². The van der Waals surface area contributed by atoms with Crippen molar-refractivity contribution in [1.82, 2.24) is 0 Å². The molecule has 14 heavy (non-hydrogen) atoms. The summed E-state index contributed by atoms with van der Waals surface area (Å²) in [4.78, 5) is 0. The molecule has 1 aliphatic rings. The molecule has 0 bridgehead atoms. The van der Waals surface area contributed by atoms with E-state index in [1.807, 2.05) is 28.7 Å². The van der Waals surface area contributed by atoms with Gasteiger partial charge in [-0.15, -0.1) is 0 Å². The van der Waals surface area contributed by atoms with E-state index in [0.29, 0.717) is 3.57 Å². The number of nitrogens with one attached hydrogen (secondary N) is 1. The Labute approximate surface area is 97.2 Å². The summed E-state index contributed by atoms with van der Waals surface area (Å²) in [6, 6.07) is 5.18. The normalized spacial score (nSPS) is 16.4. The summed E-state index contributed by atoms with van der Waals surface area (Å²) < 4.78 is 13.9. The highest BCUT2D eigenvalue weighted by molar-refractivity contribution is 14.1. The summed E-state index contributed by atoms with van der Waals surface area (Å²) in [5.41, 5.74) is 0.928. The van der Waals surface area contributed by atoms with Crippen LogP contribution >= 0.6 is 22.6 Å².